The predicted molar refractivity (Wildman–Crippen MR) is 63.8 cm³/mol. The van der Waals surface area contributed by atoms with E-state index in [2.05, 4.69) is 10.5 Å². The third kappa shape index (κ3) is 2.55. The molecule has 1 saturated carbocycles. The van der Waals surface area contributed by atoms with E-state index in [1.54, 1.807) is 0 Å². The van der Waals surface area contributed by atoms with Crippen LogP contribution < -0.4 is 11.1 Å². The van der Waals surface area contributed by atoms with Crippen LogP contribution in [0.2, 0.25) is 0 Å². The summed E-state index contributed by atoms with van der Waals surface area (Å²) in [6.45, 7) is -0.280. The second-order valence-electron chi connectivity index (χ2n) is 4.70. The lowest BCUT2D eigenvalue weighted by Crippen LogP contribution is -2.44. The van der Waals surface area contributed by atoms with Crippen LogP contribution in [0.15, 0.2) is 23.4 Å². The minimum atomic E-state index is -4.35. The van der Waals surface area contributed by atoms with Gasteiger partial charge < -0.3 is 10.9 Å². The van der Waals surface area contributed by atoms with Crippen LogP contribution in [0.4, 0.5) is 17.6 Å². The van der Waals surface area contributed by atoms with Gasteiger partial charge in [0.25, 0.3) is 0 Å². The van der Waals surface area contributed by atoms with Crippen LogP contribution >= 0.6 is 0 Å². The maximum atomic E-state index is 14.0. The van der Waals surface area contributed by atoms with Crippen LogP contribution in [0, 0.1) is 5.82 Å². The summed E-state index contributed by atoms with van der Waals surface area (Å²) < 4.78 is 52.2. The molecular formula is C12H13F4N3O. The van der Waals surface area contributed by atoms with Gasteiger partial charge in [-0.15, -0.1) is 0 Å². The molecule has 0 aromatic heterocycles. The quantitative estimate of drug-likeness (QED) is 0.261. The number of hydrogen-bond acceptors (Lipinski definition) is 3. The second-order valence-corrected chi connectivity index (χ2v) is 4.70. The van der Waals surface area contributed by atoms with Crippen LogP contribution in [-0.2, 0) is 6.54 Å². The SMILES string of the molecule is N/C(=N/O)c1cccc(CNC2(C(F)(F)F)CC2)c1F. The van der Waals surface area contributed by atoms with Crippen molar-refractivity contribution < 1.29 is 22.8 Å². The zero-order valence-corrected chi connectivity index (χ0v) is 10.3. The first-order valence-corrected chi connectivity index (χ1v) is 5.88. The fourth-order valence-electron chi connectivity index (χ4n) is 1.92. The molecule has 0 amide bonds. The van der Waals surface area contributed by atoms with Gasteiger partial charge in [-0.1, -0.05) is 17.3 Å². The fraction of sp³-hybridized carbons (Fsp3) is 0.417. The Morgan fingerprint density at radius 1 is 1.40 bits per heavy atom. The lowest BCUT2D eigenvalue weighted by Gasteiger charge is -2.21. The van der Waals surface area contributed by atoms with Crippen molar-refractivity contribution in [2.75, 3.05) is 0 Å². The molecule has 0 atom stereocenters. The minimum Gasteiger partial charge on any atom is -0.409 e. The lowest BCUT2D eigenvalue weighted by atomic mass is 10.1. The number of nitrogens with two attached hydrogens (primary N) is 1. The summed E-state index contributed by atoms with van der Waals surface area (Å²) in [5.74, 6) is -1.23. The topological polar surface area (TPSA) is 70.6 Å². The Morgan fingerprint density at radius 3 is 2.55 bits per heavy atom. The number of nitrogens with one attached hydrogen (secondary N) is 1. The molecule has 2 rings (SSSR count). The van der Waals surface area contributed by atoms with E-state index < -0.39 is 23.4 Å². The van der Waals surface area contributed by atoms with E-state index in [1.165, 1.54) is 18.2 Å². The van der Waals surface area contributed by atoms with Gasteiger partial charge in [-0.25, -0.2) is 4.39 Å². The molecule has 1 aliphatic carbocycles. The summed E-state index contributed by atoms with van der Waals surface area (Å²) >= 11 is 0. The van der Waals surface area contributed by atoms with Gasteiger partial charge in [-0.05, 0) is 18.9 Å². The van der Waals surface area contributed by atoms with Gasteiger partial charge in [0.2, 0.25) is 0 Å². The van der Waals surface area contributed by atoms with Crippen LogP contribution in [0.25, 0.3) is 0 Å². The van der Waals surface area contributed by atoms with Gasteiger partial charge in [0, 0.05) is 12.1 Å². The Labute approximate surface area is 112 Å². The normalized spacial score (nSPS) is 18.1. The summed E-state index contributed by atoms with van der Waals surface area (Å²) in [7, 11) is 0. The number of benzene rings is 1. The molecule has 4 N–H and O–H groups in total. The molecule has 0 aliphatic heterocycles. The molecular weight excluding hydrogens is 278 g/mol. The zero-order valence-electron chi connectivity index (χ0n) is 10.3. The second kappa shape index (κ2) is 4.93. The Balaban J connectivity index is 2.16. The molecule has 4 nitrogen and oxygen atoms in total. The van der Waals surface area contributed by atoms with Gasteiger partial charge in [-0.3, -0.25) is 5.32 Å². The molecule has 1 aromatic rings. The van der Waals surface area contributed by atoms with Gasteiger partial charge in [0.1, 0.15) is 11.4 Å². The van der Waals surface area contributed by atoms with E-state index >= 15 is 0 Å². The van der Waals surface area contributed by atoms with Gasteiger partial charge in [0.05, 0.1) is 5.56 Å². The number of nitrogens with zero attached hydrogens (tertiary/aromatic N) is 1. The molecule has 8 heteroatoms. The monoisotopic (exact) mass is 291 g/mol. The van der Waals surface area contributed by atoms with E-state index in [4.69, 9.17) is 10.9 Å². The highest BCUT2D eigenvalue weighted by molar-refractivity contribution is 5.97. The molecule has 1 fully saturated rings. The molecule has 110 valence electrons. The Bertz CT molecular complexity index is 538. The van der Waals surface area contributed by atoms with Crippen LogP contribution in [-0.4, -0.2) is 22.8 Å². The number of alkyl halides is 3. The summed E-state index contributed by atoms with van der Waals surface area (Å²) in [6.07, 6.45) is -4.39. The highest BCUT2D eigenvalue weighted by Gasteiger charge is 2.62. The van der Waals surface area contributed by atoms with Crippen molar-refractivity contribution in [2.24, 2.45) is 10.9 Å². The molecule has 0 spiro atoms. The largest absolute Gasteiger partial charge is 0.409 e. The average Bonchev–Trinajstić information content (AvgIpc) is 3.17. The third-order valence-corrected chi connectivity index (χ3v) is 3.37. The highest BCUT2D eigenvalue weighted by atomic mass is 19.4. The van der Waals surface area contributed by atoms with Gasteiger partial charge in [-0.2, -0.15) is 13.2 Å². The van der Waals surface area contributed by atoms with E-state index in [0.717, 1.165) is 0 Å². The average molecular weight is 291 g/mol. The standard InChI is InChI=1S/C12H13F4N3O/c13-9-7(2-1-3-8(9)10(17)19-20)6-18-11(4-5-11)12(14,15)16/h1-3,18,20H,4-6H2,(H2,17,19). The van der Waals surface area contributed by atoms with Crippen molar-refractivity contribution in [1.82, 2.24) is 5.32 Å². The minimum absolute atomic E-state index is 0.0158. The maximum absolute atomic E-state index is 14.0. The summed E-state index contributed by atoms with van der Waals surface area (Å²) in [6, 6.07) is 4.06. The van der Waals surface area contributed by atoms with E-state index in [9.17, 15) is 17.6 Å². The first-order chi connectivity index (χ1) is 9.31. The van der Waals surface area contributed by atoms with Crippen LogP contribution in [0.3, 0.4) is 0 Å². The number of amidine groups is 1. The van der Waals surface area contributed by atoms with Crippen molar-refractivity contribution >= 4 is 5.84 Å². The molecule has 0 heterocycles. The molecule has 20 heavy (non-hydrogen) atoms. The van der Waals surface area contributed by atoms with Crippen LogP contribution in [0.1, 0.15) is 24.0 Å². The maximum Gasteiger partial charge on any atom is 0.406 e. The van der Waals surface area contributed by atoms with Crippen LogP contribution in [0.5, 0.6) is 0 Å². The summed E-state index contributed by atoms with van der Waals surface area (Å²) in [5, 5.41) is 13.5. The van der Waals surface area contributed by atoms with E-state index in [0.29, 0.717) is 0 Å². The van der Waals surface area contributed by atoms with Crippen molar-refractivity contribution in [1.29, 1.82) is 0 Å². The first-order valence-electron chi connectivity index (χ1n) is 5.88. The molecule has 0 saturated heterocycles. The third-order valence-electron chi connectivity index (χ3n) is 3.37. The van der Waals surface area contributed by atoms with Crippen molar-refractivity contribution in [3.8, 4) is 0 Å². The van der Waals surface area contributed by atoms with Crippen molar-refractivity contribution in [3.63, 3.8) is 0 Å². The Hall–Kier alpha value is -1.83. The first kappa shape index (κ1) is 14.6. The predicted octanol–water partition coefficient (Wildman–Crippen LogP) is 2.10. The smallest absolute Gasteiger partial charge is 0.406 e. The fourth-order valence-corrected chi connectivity index (χ4v) is 1.92. The molecule has 1 aromatic carbocycles. The van der Waals surface area contributed by atoms with Gasteiger partial charge >= 0.3 is 6.18 Å². The Kier molecular flexibility index (Phi) is 3.59. The number of oxime groups is 1. The summed E-state index contributed by atoms with van der Waals surface area (Å²) in [5.41, 5.74) is 3.26. The lowest BCUT2D eigenvalue weighted by molar-refractivity contribution is -0.166. The molecule has 1 aliphatic rings. The number of hydrogen-bond donors (Lipinski definition) is 3. The van der Waals surface area contributed by atoms with Crippen molar-refractivity contribution in [3.05, 3.63) is 35.1 Å². The van der Waals surface area contributed by atoms with Crippen molar-refractivity contribution in [2.45, 2.75) is 31.1 Å². The number of rotatable bonds is 4. The van der Waals surface area contributed by atoms with E-state index in [-0.39, 0.29) is 30.5 Å². The Morgan fingerprint density at radius 2 is 2.05 bits per heavy atom. The van der Waals surface area contributed by atoms with Gasteiger partial charge in [0.15, 0.2) is 5.84 Å². The highest BCUT2D eigenvalue weighted by Crippen LogP contribution is 2.49. The van der Waals surface area contributed by atoms with E-state index in [1.807, 2.05) is 0 Å². The molecule has 0 unspecified atom stereocenters. The summed E-state index contributed by atoms with van der Waals surface area (Å²) in [4.78, 5) is 0. The molecule has 0 radical (unpaired) electrons. The molecule has 0 bridgehead atoms. The number of halogens is 4. The zero-order chi connectivity index (χ0) is 15.0.